The number of aromatic nitrogens is 3. The first-order valence-corrected chi connectivity index (χ1v) is 14.5. The van der Waals surface area contributed by atoms with Crippen LogP contribution < -0.4 is 9.64 Å². The minimum Gasteiger partial charge on any atom is -0.461 e. The Hall–Kier alpha value is -2.92. The zero-order chi connectivity index (χ0) is 27.8. The van der Waals surface area contributed by atoms with Gasteiger partial charge in [-0.2, -0.15) is 9.97 Å². The molecule has 12 heteroatoms. The second kappa shape index (κ2) is 9.30. The van der Waals surface area contributed by atoms with E-state index < -0.39 is 11.8 Å². The molecule has 4 atom stereocenters. The molecular weight excluding hydrogens is 539 g/mol. The van der Waals surface area contributed by atoms with E-state index in [1.165, 1.54) is 0 Å². The van der Waals surface area contributed by atoms with Crippen LogP contribution in [0.1, 0.15) is 52.9 Å². The van der Waals surface area contributed by atoms with Crippen LogP contribution in [0.5, 0.6) is 6.01 Å². The van der Waals surface area contributed by atoms with Gasteiger partial charge < -0.3 is 18.8 Å². The Kier molecular flexibility index (Phi) is 6.05. The Bertz CT molecular complexity index is 1460. The zero-order valence-corrected chi connectivity index (χ0v) is 23.8. The second-order valence-corrected chi connectivity index (χ2v) is 13.0. The number of amides is 1. The number of carbonyl (C=O) groups is 1. The van der Waals surface area contributed by atoms with E-state index in [-0.39, 0.29) is 34.9 Å². The first-order chi connectivity index (χ1) is 19.1. The predicted molar refractivity (Wildman–Crippen MR) is 148 cm³/mol. The SMILES string of the molecule is CC(C)(C)OC(=O)N1[C@@H]2CC[C@H]1CN(c1nc(OC[C@@]34CCCN3C[C@H](F)C4)nc3oc4c(Cl)nccc4c13)C2. The van der Waals surface area contributed by atoms with Gasteiger partial charge in [-0.25, -0.2) is 14.2 Å². The van der Waals surface area contributed by atoms with Crippen molar-refractivity contribution in [1.29, 1.82) is 0 Å². The third-order valence-electron chi connectivity index (χ3n) is 8.78. The third kappa shape index (κ3) is 4.32. The molecule has 7 heterocycles. The maximum absolute atomic E-state index is 14.3. The number of piperazine rings is 1. The summed E-state index contributed by atoms with van der Waals surface area (Å²) in [5.41, 5.74) is -0.0735. The van der Waals surface area contributed by atoms with E-state index in [0.717, 1.165) is 43.0 Å². The molecule has 4 fully saturated rings. The standard InChI is InChI=1S/C28H34ClFN6O4/c1-27(2,3)40-26(37)36-17-5-6-18(36)14-34(13-17)23-20-19-7-9-31-22(29)21(19)39-24(20)33-25(32-23)38-15-28-8-4-10-35(28)12-16(30)11-28/h7,9,16-18H,4-6,8,10-15H2,1-3H3/t16-,17-,18+,28+/m1/s1. The van der Waals surface area contributed by atoms with Gasteiger partial charge in [0.1, 0.15) is 24.2 Å². The normalized spacial score (nSPS) is 28.6. The number of anilines is 1. The van der Waals surface area contributed by atoms with Gasteiger partial charge in [-0.3, -0.25) is 9.80 Å². The van der Waals surface area contributed by atoms with Gasteiger partial charge in [0.2, 0.25) is 5.71 Å². The minimum absolute atomic E-state index is 0.00249. The number of carbonyl (C=O) groups excluding carboxylic acids is 1. The lowest BCUT2D eigenvalue weighted by Crippen LogP contribution is -2.57. The van der Waals surface area contributed by atoms with Crippen molar-refractivity contribution in [2.75, 3.05) is 37.7 Å². The Labute approximate surface area is 236 Å². The number of pyridine rings is 1. The molecule has 3 aromatic rings. The molecule has 1 amide bonds. The summed E-state index contributed by atoms with van der Waals surface area (Å²) in [6.45, 7) is 8.49. The molecule has 0 radical (unpaired) electrons. The number of hydrogen-bond acceptors (Lipinski definition) is 9. The van der Waals surface area contributed by atoms with Gasteiger partial charge in [0.05, 0.1) is 23.0 Å². The van der Waals surface area contributed by atoms with Crippen molar-refractivity contribution in [3.05, 3.63) is 17.4 Å². The molecule has 3 aromatic heterocycles. The lowest BCUT2D eigenvalue weighted by molar-refractivity contribution is 0.0122. The number of nitrogens with zero attached hydrogens (tertiary/aromatic N) is 6. The molecule has 0 unspecified atom stereocenters. The molecule has 0 aromatic carbocycles. The Morgan fingerprint density at radius 2 is 2.00 bits per heavy atom. The van der Waals surface area contributed by atoms with E-state index in [0.29, 0.717) is 49.8 Å². The third-order valence-corrected chi connectivity index (χ3v) is 9.05. The number of alkyl halides is 1. The average Bonchev–Trinajstić information content (AvgIpc) is 3.60. The highest BCUT2D eigenvalue weighted by molar-refractivity contribution is 6.34. The summed E-state index contributed by atoms with van der Waals surface area (Å²) in [6, 6.07) is 2.03. The van der Waals surface area contributed by atoms with Crippen molar-refractivity contribution in [2.24, 2.45) is 0 Å². The number of halogens is 2. The minimum atomic E-state index is -0.843. The summed E-state index contributed by atoms with van der Waals surface area (Å²) in [4.78, 5) is 33.1. The Morgan fingerprint density at radius 3 is 2.75 bits per heavy atom. The molecule has 40 heavy (non-hydrogen) atoms. The second-order valence-electron chi connectivity index (χ2n) is 12.6. The molecule has 4 aliphatic rings. The van der Waals surface area contributed by atoms with Crippen molar-refractivity contribution < 1.29 is 23.1 Å². The summed E-state index contributed by atoms with van der Waals surface area (Å²) < 4.78 is 32.4. The van der Waals surface area contributed by atoms with Crippen LogP contribution in [0.15, 0.2) is 16.7 Å². The summed E-state index contributed by atoms with van der Waals surface area (Å²) in [7, 11) is 0. The van der Waals surface area contributed by atoms with E-state index in [4.69, 9.17) is 30.5 Å². The van der Waals surface area contributed by atoms with Gasteiger partial charge in [-0.1, -0.05) is 11.6 Å². The van der Waals surface area contributed by atoms with E-state index >= 15 is 0 Å². The van der Waals surface area contributed by atoms with E-state index in [1.54, 1.807) is 6.20 Å². The highest BCUT2D eigenvalue weighted by Crippen LogP contribution is 2.42. The summed E-state index contributed by atoms with van der Waals surface area (Å²) in [5, 5.41) is 1.76. The number of hydrogen-bond donors (Lipinski definition) is 0. The number of rotatable bonds is 4. The van der Waals surface area contributed by atoms with Crippen LogP contribution in [0.3, 0.4) is 0 Å². The molecule has 0 aliphatic carbocycles. The molecular formula is C28H34ClFN6O4. The van der Waals surface area contributed by atoms with Gasteiger partial charge in [-0.05, 0) is 59.1 Å². The number of ether oxygens (including phenoxy) is 2. The average molecular weight is 573 g/mol. The van der Waals surface area contributed by atoms with E-state index in [2.05, 4.69) is 19.8 Å². The lowest BCUT2D eigenvalue weighted by Gasteiger charge is -2.41. The fourth-order valence-electron chi connectivity index (χ4n) is 7.16. The van der Waals surface area contributed by atoms with Crippen LogP contribution in [0.25, 0.3) is 22.1 Å². The monoisotopic (exact) mass is 572 g/mol. The van der Waals surface area contributed by atoms with Gasteiger partial charge in [0.25, 0.3) is 0 Å². The molecule has 214 valence electrons. The first-order valence-electron chi connectivity index (χ1n) is 14.1. The van der Waals surface area contributed by atoms with Crippen LogP contribution >= 0.6 is 11.6 Å². The molecule has 0 spiro atoms. The van der Waals surface area contributed by atoms with Crippen LogP contribution in [-0.4, -0.2) is 93.0 Å². The Morgan fingerprint density at radius 1 is 1.23 bits per heavy atom. The van der Waals surface area contributed by atoms with Crippen LogP contribution in [0, 0.1) is 0 Å². The first kappa shape index (κ1) is 26.0. The molecule has 4 aliphatic heterocycles. The summed E-state index contributed by atoms with van der Waals surface area (Å²) in [6.07, 6.45) is 4.69. The van der Waals surface area contributed by atoms with Crippen molar-refractivity contribution >= 4 is 45.6 Å². The van der Waals surface area contributed by atoms with Crippen molar-refractivity contribution in [1.82, 2.24) is 24.8 Å². The lowest BCUT2D eigenvalue weighted by atomic mass is 9.95. The predicted octanol–water partition coefficient (Wildman–Crippen LogP) is 4.97. The highest BCUT2D eigenvalue weighted by Gasteiger charge is 2.50. The maximum Gasteiger partial charge on any atom is 0.410 e. The highest BCUT2D eigenvalue weighted by atomic mass is 35.5. The van der Waals surface area contributed by atoms with Gasteiger partial charge >= 0.3 is 12.1 Å². The van der Waals surface area contributed by atoms with Gasteiger partial charge in [0, 0.05) is 37.6 Å². The fourth-order valence-corrected chi connectivity index (χ4v) is 7.36. The number of fused-ring (bicyclic) bond motifs is 6. The summed E-state index contributed by atoms with van der Waals surface area (Å²) in [5.74, 6) is 0.678. The van der Waals surface area contributed by atoms with Crippen LogP contribution in [0.2, 0.25) is 5.15 Å². The fraction of sp³-hybridized carbons (Fsp3) is 0.643. The largest absolute Gasteiger partial charge is 0.461 e. The quantitative estimate of drug-likeness (QED) is 0.401. The van der Waals surface area contributed by atoms with Crippen molar-refractivity contribution in [3.63, 3.8) is 0 Å². The molecule has 4 saturated heterocycles. The van der Waals surface area contributed by atoms with E-state index in [1.807, 2.05) is 31.7 Å². The van der Waals surface area contributed by atoms with Crippen LogP contribution in [-0.2, 0) is 4.74 Å². The van der Waals surface area contributed by atoms with Gasteiger partial charge in [-0.15, -0.1) is 0 Å². The Balaban J connectivity index is 1.23. The zero-order valence-electron chi connectivity index (χ0n) is 23.0. The molecule has 0 saturated carbocycles. The smallest absolute Gasteiger partial charge is 0.410 e. The molecule has 7 rings (SSSR count). The maximum atomic E-state index is 14.3. The molecule has 2 bridgehead atoms. The van der Waals surface area contributed by atoms with Crippen LogP contribution in [0.4, 0.5) is 15.0 Å². The molecule has 0 N–H and O–H groups in total. The van der Waals surface area contributed by atoms with Gasteiger partial charge in [0.15, 0.2) is 10.7 Å². The summed E-state index contributed by atoms with van der Waals surface area (Å²) >= 11 is 6.39. The molecule has 10 nitrogen and oxygen atoms in total. The number of furan rings is 1. The van der Waals surface area contributed by atoms with Crippen molar-refractivity contribution in [2.45, 2.75) is 82.3 Å². The van der Waals surface area contributed by atoms with Crippen molar-refractivity contribution in [3.8, 4) is 6.01 Å². The van der Waals surface area contributed by atoms with E-state index in [9.17, 15) is 9.18 Å². The topological polar surface area (TPSA) is 97.1 Å².